The smallest absolute Gasteiger partial charge is 0.100 e. The van der Waals surface area contributed by atoms with Gasteiger partial charge in [0.15, 0.2) is 0 Å². The van der Waals surface area contributed by atoms with Gasteiger partial charge in [0.25, 0.3) is 0 Å². The molecule has 3 rings (SSSR count). The third-order valence-electron chi connectivity index (χ3n) is 4.48. The second-order valence-electron chi connectivity index (χ2n) is 5.61. The molecule has 0 amide bonds. The second kappa shape index (κ2) is 6.32. The number of benzene rings is 2. The molecular weight excluding hydrogens is 270 g/mol. The van der Waals surface area contributed by atoms with Gasteiger partial charge in [0.2, 0.25) is 0 Å². The molecule has 1 atom stereocenters. The number of nitrogens with one attached hydrogen (secondary N) is 1. The SMILES string of the molecule is CCN(CC)C(C)c1cccc2[nH]nc(-c3ccccc3)c12. The molecule has 0 radical (unpaired) electrons. The molecule has 0 bridgehead atoms. The highest BCUT2D eigenvalue weighted by molar-refractivity contribution is 5.95. The summed E-state index contributed by atoms with van der Waals surface area (Å²) in [6.07, 6.45) is 0. The molecule has 0 fully saturated rings. The second-order valence-corrected chi connectivity index (χ2v) is 5.61. The summed E-state index contributed by atoms with van der Waals surface area (Å²) >= 11 is 0. The number of hydrogen-bond donors (Lipinski definition) is 1. The van der Waals surface area contributed by atoms with Crippen LogP contribution in [0.4, 0.5) is 0 Å². The third kappa shape index (κ3) is 2.53. The minimum Gasteiger partial charge on any atom is -0.297 e. The van der Waals surface area contributed by atoms with Gasteiger partial charge in [-0.25, -0.2) is 0 Å². The third-order valence-corrected chi connectivity index (χ3v) is 4.48. The van der Waals surface area contributed by atoms with Gasteiger partial charge in [0, 0.05) is 17.0 Å². The van der Waals surface area contributed by atoms with Crippen molar-refractivity contribution < 1.29 is 0 Å². The van der Waals surface area contributed by atoms with Gasteiger partial charge in [0.1, 0.15) is 5.69 Å². The van der Waals surface area contributed by atoms with Crippen molar-refractivity contribution in [2.75, 3.05) is 13.1 Å². The Morgan fingerprint density at radius 2 is 1.73 bits per heavy atom. The van der Waals surface area contributed by atoms with Crippen molar-refractivity contribution >= 4 is 10.9 Å². The fourth-order valence-electron chi connectivity index (χ4n) is 3.22. The van der Waals surface area contributed by atoms with E-state index in [0.717, 1.165) is 29.9 Å². The molecule has 3 aromatic rings. The Balaban J connectivity index is 2.17. The van der Waals surface area contributed by atoms with E-state index >= 15 is 0 Å². The zero-order valence-corrected chi connectivity index (χ0v) is 13.5. The van der Waals surface area contributed by atoms with Gasteiger partial charge in [-0.05, 0) is 31.6 Å². The number of rotatable bonds is 5. The molecule has 1 N–H and O–H groups in total. The van der Waals surface area contributed by atoms with Crippen molar-refractivity contribution in [2.24, 2.45) is 0 Å². The average Bonchev–Trinajstić information content (AvgIpc) is 3.00. The van der Waals surface area contributed by atoms with Gasteiger partial charge < -0.3 is 0 Å². The number of fused-ring (bicyclic) bond motifs is 1. The summed E-state index contributed by atoms with van der Waals surface area (Å²) in [6, 6.07) is 17.2. The highest BCUT2D eigenvalue weighted by atomic mass is 15.1. The topological polar surface area (TPSA) is 31.9 Å². The van der Waals surface area contributed by atoms with Crippen molar-refractivity contribution in [1.82, 2.24) is 15.1 Å². The lowest BCUT2D eigenvalue weighted by atomic mass is 9.98. The summed E-state index contributed by atoms with van der Waals surface area (Å²) in [5, 5.41) is 9.01. The maximum absolute atomic E-state index is 4.58. The molecule has 22 heavy (non-hydrogen) atoms. The van der Waals surface area contributed by atoms with E-state index in [1.165, 1.54) is 10.9 Å². The average molecular weight is 293 g/mol. The minimum absolute atomic E-state index is 0.374. The lowest BCUT2D eigenvalue weighted by Crippen LogP contribution is -2.26. The lowest BCUT2D eigenvalue weighted by Gasteiger charge is -2.27. The highest BCUT2D eigenvalue weighted by Crippen LogP contribution is 2.33. The molecule has 114 valence electrons. The minimum atomic E-state index is 0.374. The number of hydrogen-bond acceptors (Lipinski definition) is 2. The van der Waals surface area contributed by atoms with E-state index in [1.807, 2.05) is 6.07 Å². The van der Waals surface area contributed by atoms with Crippen LogP contribution in [-0.2, 0) is 0 Å². The van der Waals surface area contributed by atoms with Crippen LogP contribution in [0.3, 0.4) is 0 Å². The molecule has 3 heteroatoms. The predicted octanol–water partition coefficient (Wildman–Crippen LogP) is 4.63. The molecule has 0 aliphatic carbocycles. The predicted molar refractivity (Wildman–Crippen MR) is 92.9 cm³/mol. The Morgan fingerprint density at radius 3 is 2.41 bits per heavy atom. The monoisotopic (exact) mass is 293 g/mol. The Morgan fingerprint density at radius 1 is 1.00 bits per heavy atom. The Hall–Kier alpha value is -2.13. The molecule has 0 spiro atoms. The fourth-order valence-corrected chi connectivity index (χ4v) is 3.22. The van der Waals surface area contributed by atoms with Crippen LogP contribution in [-0.4, -0.2) is 28.2 Å². The summed E-state index contributed by atoms with van der Waals surface area (Å²) in [6.45, 7) is 8.81. The first-order chi connectivity index (χ1) is 10.8. The number of H-pyrrole nitrogens is 1. The molecule has 1 heterocycles. The van der Waals surface area contributed by atoms with Gasteiger partial charge in [-0.2, -0.15) is 5.10 Å². The van der Waals surface area contributed by atoms with Gasteiger partial charge in [0.05, 0.1) is 5.52 Å². The van der Waals surface area contributed by atoms with Crippen molar-refractivity contribution in [3.63, 3.8) is 0 Å². The van der Waals surface area contributed by atoms with Crippen molar-refractivity contribution in [3.8, 4) is 11.3 Å². The maximum atomic E-state index is 4.58. The van der Waals surface area contributed by atoms with E-state index in [1.54, 1.807) is 0 Å². The summed E-state index contributed by atoms with van der Waals surface area (Å²) in [7, 11) is 0. The van der Waals surface area contributed by atoms with Gasteiger partial charge in [-0.15, -0.1) is 0 Å². The van der Waals surface area contributed by atoms with Crippen LogP contribution in [0, 0.1) is 0 Å². The Bertz CT molecular complexity index is 742. The molecule has 0 saturated carbocycles. The van der Waals surface area contributed by atoms with Crippen molar-refractivity contribution in [2.45, 2.75) is 26.8 Å². The number of aromatic nitrogens is 2. The van der Waals surface area contributed by atoms with Crippen LogP contribution < -0.4 is 0 Å². The molecule has 0 saturated heterocycles. The molecule has 2 aromatic carbocycles. The van der Waals surface area contributed by atoms with E-state index in [-0.39, 0.29) is 0 Å². The van der Waals surface area contributed by atoms with Crippen molar-refractivity contribution in [3.05, 3.63) is 54.1 Å². The molecule has 1 aromatic heterocycles. The van der Waals surface area contributed by atoms with Crippen LogP contribution in [0.1, 0.15) is 32.4 Å². The van der Waals surface area contributed by atoms with Gasteiger partial charge >= 0.3 is 0 Å². The highest BCUT2D eigenvalue weighted by Gasteiger charge is 2.19. The summed E-state index contributed by atoms with van der Waals surface area (Å²) in [5.74, 6) is 0. The quantitative estimate of drug-likeness (QED) is 0.743. The molecule has 0 aliphatic heterocycles. The lowest BCUT2D eigenvalue weighted by molar-refractivity contribution is 0.235. The van der Waals surface area contributed by atoms with Gasteiger partial charge in [-0.1, -0.05) is 56.3 Å². The van der Waals surface area contributed by atoms with E-state index in [9.17, 15) is 0 Å². The van der Waals surface area contributed by atoms with Crippen LogP contribution in [0.2, 0.25) is 0 Å². The zero-order chi connectivity index (χ0) is 15.5. The molecule has 1 unspecified atom stereocenters. The van der Waals surface area contributed by atoms with E-state index < -0.39 is 0 Å². The summed E-state index contributed by atoms with van der Waals surface area (Å²) in [5.41, 5.74) is 4.65. The summed E-state index contributed by atoms with van der Waals surface area (Å²) < 4.78 is 0. The van der Waals surface area contributed by atoms with Crippen LogP contribution in [0.5, 0.6) is 0 Å². The largest absolute Gasteiger partial charge is 0.297 e. The fraction of sp³-hybridized carbons (Fsp3) is 0.316. The first-order valence-corrected chi connectivity index (χ1v) is 8.02. The first-order valence-electron chi connectivity index (χ1n) is 8.02. The Labute approximate surface area is 132 Å². The normalized spacial score (nSPS) is 12.9. The maximum Gasteiger partial charge on any atom is 0.100 e. The van der Waals surface area contributed by atoms with Crippen LogP contribution >= 0.6 is 0 Å². The zero-order valence-electron chi connectivity index (χ0n) is 13.5. The molecule has 3 nitrogen and oxygen atoms in total. The summed E-state index contributed by atoms with van der Waals surface area (Å²) in [4.78, 5) is 2.47. The van der Waals surface area contributed by atoms with E-state index in [0.29, 0.717) is 6.04 Å². The van der Waals surface area contributed by atoms with Crippen LogP contribution in [0.15, 0.2) is 48.5 Å². The first kappa shape index (κ1) is 14.8. The number of nitrogens with zero attached hydrogens (tertiary/aromatic N) is 2. The van der Waals surface area contributed by atoms with E-state index in [2.05, 4.69) is 78.3 Å². The van der Waals surface area contributed by atoms with E-state index in [4.69, 9.17) is 0 Å². The molecular formula is C19H23N3. The van der Waals surface area contributed by atoms with Gasteiger partial charge in [-0.3, -0.25) is 10.00 Å². The Kier molecular flexibility index (Phi) is 4.25. The standard InChI is InChI=1S/C19H23N3/c1-4-22(5-2)14(3)16-12-9-13-17-18(16)19(21-20-17)15-10-7-6-8-11-15/h6-14H,4-5H2,1-3H3,(H,20,21). The number of aromatic amines is 1. The van der Waals surface area contributed by atoms with Crippen LogP contribution in [0.25, 0.3) is 22.2 Å². The van der Waals surface area contributed by atoms with Crippen molar-refractivity contribution in [1.29, 1.82) is 0 Å². The molecule has 0 aliphatic rings.